The third-order valence-electron chi connectivity index (χ3n) is 5.92. The Morgan fingerprint density at radius 2 is 2.06 bits per heavy atom. The molecule has 10 nitrogen and oxygen atoms in total. The minimum absolute atomic E-state index is 0.0919. The summed E-state index contributed by atoms with van der Waals surface area (Å²) in [5.41, 5.74) is 3.52. The van der Waals surface area contributed by atoms with Crippen molar-refractivity contribution in [2.24, 2.45) is 7.05 Å². The molecule has 34 heavy (non-hydrogen) atoms. The molecule has 0 bridgehead atoms. The number of rotatable bonds is 6. The van der Waals surface area contributed by atoms with Crippen molar-refractivity contribution in [2.75, 3.05) is 19.0 Å². The zero-order chi connectivity index (χ0) is 23.1. The molecule has 1 aliphatic rings. The van der Waals surface area contributed by atoms with E-state index in [0.717, 1.165) is 40.7 Å². The first-order chi connectivity index (χ1) is 16.7. The average Bonchev–Trinajstić information content (AvgIpc) is 3.48. The van der Waals surface area contributed by atoms with Crippen LogP contribution in [0.3, 0.4) is 0 Å². The van der Waals surface area contributed by atoms with E-state index < -0.39 is 0 Å². The van der Waals surface area contributed by atoms with Crippen molar-refractivity contribution in [3.05, 3.63) is 72.3 Å². The van der Waals surface area contributed by atoms with E-state index in [4.69, 9.17) is 9.47 Å². The maximum absolute atomic E-state index is 6.17. The molecule has 0 aliphatic carbocycles. The third kappa shape index (κ3) is 3.58. The second kappa shape index (κ2) is 8.14. The lowest BCUT2D eigenvalue weighted by Crippen LogP contribution is -2.22. The SMILES string of the molecule is COc1cccc(CC2COc3cc(-c4ccnc(Nc5ccnn5C)n4)cc4nnc2n34)c1. The smallest absolute Gasteiger partial charge is 0.228 e. The van der Waals surface area contributed by atoms with Gasteiger partial charge in [0, 0.05) is 30.9 Å². The van der Waals surface area contributed by atoms with E-state index in [1.54, 1.807) is 24.2 Å². The molecule has 1 atom stereocenters. The Labute approximate surface area is 195 Å². The molecule has 1 aliphatic heterocycles. The Balaban J connectivity index is 1.31. The fraction of sp³-hybridized carbons (Fsp3) is 0.208. The molecule has 0 fully saturated rings. The van der Waals surface area contributed by atoms with Crippen LogP contribution in [0.4, 0.5) is 11.8 Å². The number of anilines is 2. The first-order valence-corrected chi connectivity index (χ1v) is 10.9. The van der Waals surface area contributed by atoms with E-state index in [1.807, 2.05) is 53.9 Å². The summed E-state index contributed by atoms with van der Waals surface area (Å²) >= 11 is 0. The highest BCUT2D eigenvalue weighted by Crippen LogP contribution is 2.33. The third-order valence-corrected chi connectivity index (χ3v) is 5.92. The van der Waals surface area contributed by atoms with Crippen molar-refractivity contribution < 1.29 is 9.47 Å². The lowest BCUT2D eigenvalue weighted by Gasteiger charge is -2.23. The van der Waals surface area contributed by atoms with Gasteiger partial charge in [0.15, 0.2) is 5.65 Å². The number of nitrogens with one attached hydrogen (secondary N) is 1. The van der Waals surface area contributed by atoms with Crippen LogP contribution in [0, 0.1) is 0 Å². The van der Waals surface area contributed by atoms with Crippen LogP contribution in [0.5, 0.6) is 11.6 Å². The summed E-state index contributed by atoms with van der Waals surface area (Å²) in [5.74, 6) is 3.81. The van der Waals surface area contributed by atoms with Gasteiger partial charge in [-0.1, -0.05) is 12.1 Å². The summed E-state index contributed by atoms with van der Waals surface area (Å²) < 4.78 is 15.2. The van der Waals surface area contributed by atoms with Crippen LogP contribution in [-0.4, -0.2) is 48.1 Å². The number of aromatic nitrogens is 7. The van der Waals surface area contributed by atoms with E-state index in [2.05, 4.69) is 36.6 Å². The molecule has 5 heterocycles. The van der Waals surface area contributed by atoms with Crippen LogP contribution < -0.4 is 14.8 Å². The Hall–Kier alpha value is -4.47. The molecule has 170 valence electrons. The zero-order valence-electron chi connectivity index (χ0n) is 18.7. The number of hydrogen-bond donors (Lipinski definition) is 1. The molecule has 10 heteroatoms. The molecule has 0 amide bonds. The monoisotopic (exact) mass is 454 g/mol. The fourth-order valence-corrected chi connectivity index (χ4v) is 4.21. The minimum atomic E-state index is 0.0919. The second-order valence-electron chi connectivity index (χ2n) is 8.13. The Bertz CT molecular complexity index is 1490. The van der Waals surface area contributed by atoms with Crippen LogP contribution in [-0.2, 0) is 13.5 Å². The quantitative estimate of drug-likeness (QED) is 0.416. The summed E-state index contributed by atoms with van der Waals surface area (Å²) in [6.07, 6.45) is 4.22. The summed E-state index contributed by atoms with van der Waals surface area (Å²) in [5, 5.41) is 16.3. The van der Waals surface area contributed by atoms with Gasteiger partial charge >= 0.3 is 0 Å². The Kier molecular flexibility index (Phi) is 4.83. The number of benzene rings is 1. The van der Waals surface area contributed by atoms with E-state index in [-0.39, 0.29) is 5.92 Å². The Morgan fingerprint density at radius 1 is 1.12 bits per heavy atom. The van der Waals surface area contributed by atoms with Crippen LogP contribution in [0.1, 0.15) is 17.3 Å². The van der Waals surface area contributed by atoms with Crippen molar-refractivity contribution in [1.82, 2.24) is 34.3 Å². The molecule has 4 aromatic heterocycles. The molecule has 5 aromatic rings. The van der Waals surface area contributed by atoms with E-state index in [0.29, 0.717) is 18.4 Å². The number of pyridine rings is 1. The van der Waals surface area contributed by atoms with E-state index in [9.17, 15) is 0 Å². The van der Waals surface area contributed by atoms with Crippen LogP contribution in [0.2, 0.25) is 0 Å². The van der Waals surface area contributed by atoms with E-state index >= 15 is 0 Å². The van der Waals surface area contributed by atoms with Crippen molar-refractivity contribution in [3.8, 4) is 22.9 Å². The standard InChI is InChI=1S/C24H22N8O2/c1-31-20(7-9-26-31)28-24-25-8-6-19(27-24)16-12-21-29-30-23-17(14-34-22(13-16)32(21)23)10-15-4-3-5-18(11-15)33-2/h3-9,11-13,17H,10,14H2,1-2H3,(H,25,27,28). The number of methoxy groups -OCH3 is 1. The largest absolute Gasteiger partial charge is 0.497 e. The Morgan fingerprint density at radius 3 is 2.91 bits per heavy atom. The predicted octanol–water partition coefficient (Wildman–Crippen LogP) is 3.39. The van der Waals surface area contributed by atoms with Gasteiger partial charge in [-0.15, -0.1) is 10.2 Å². The van der Waals surface area contributed by atoms with Gasteiger partial charge < -0.3 is 14.8 Å². The van der Waals surface area contributed by atoms with Gasteiger partial charge in [-0.2, -0.15) is 5.10 Å². The fourth-order valence-electron chi connectivity index (χ4n) is 4.21. The summed E-state index contributed by atoms with van der Waals surface area (Å²) in [6.45, 7) is 0.519. The second-order valence-corrected chi connectivity index (χ2v) is 8.13. The highest BCUT2D eigenvalue weighted by atomic mass is 16.5. The summed E-state index contributed by atoms with van der Waals surface area (Å²) in [6, 6.07) is 15.7. The lowest BCUT2D eigenvalue weighted by molar-refractivity contribution is 0.245. The molecule has 1 N–H and O–H groups in total. The highest BCUT2D eigenvalue weighted by Gasteiger charge is 2.27. The lowest BCUT2D eigenvalue weighted by atomic mass is 9.98. The molecule has 1 unspecified atom stereocenters. The molecule has 0 saturated heterocycles. The molecular weight excluding hydrogens is 432 g/mol. The van der Waals surface area contributed by atoms with Gasteiger partial charge in [-0.05, 0) is 36.2 Å². The first kappa shape index (κ1) is 20.2. The number of hydrogen-bond acceptors (Lipinski definition) is 8. The summed E-state index contributed by atoms with van der Waals surface area (Å²) in [4.78, 5) is 8.99. The van der Waals surface area contributed by atoms with E-state index in [1.165, 1.54) is 5.56 Å². The van der Waals surface area contributed by atoms with Crippen LogP contribution in [0.25, 0.3) is 16.9 Å². The van der Waals surface area contributed by atoms with Gasteiger partial charge in [0.25, 0.3) is 0 Å². The molecule has 0 radical (unpaired) electrons. The zero-order valence-corrected chi connectivity index (χ0v) is 18.7. The van der Waals surface area contributed by atoms with Crippen LogP contribution in [0.15, 0.2) is 60.9 Å². The van der Waals surface area contributed by atoms with Crippen molar-refractivity contribution in [2.45, 2.75) is 12.3 Å². The molecule has 0 saturated carbocycles. The minimum Gasteiger partial charge on any atom is -0.497 e. The van der Waals surface area contributed by atoms with Gasteiger partial charge in [-0.3, -0.25) is 4.68 Å². The number of nitrogens with zero attached hydrogens (tertiary/aromatic N) is 7. The van der Waals surface area contributed by atoms with Crippen molar-refractivity contribution >= 4 is 17.4 Å². The molecule has 1 aromatic carbocycles. The normalized spacial score (nSPS) is 14.7. The summed E-state index contributed by atoms with van der Waals surface area (Å²) in [7, 11) is 3.53. The molecule has 6 rings (SSSR count). The molecule has 0 spiro atoms. The number of aryl methyl sites for hydroxylation is 1. The predicted molar refractivity (Wildman–Crippen MR) is 125 cm³/mol. The van der Waals surface area contributed by atoms with Gasteiger partial charge in [0.1, 0.15) is 24.0 Å². The maximum atomic E-state index is 6.17. The van der Waals surface area contributed by atoms with Crippen LogP contribution >= 0.6 is 0 Å². The van der Waals surface area contributed by atoms with Gasteiger partial charge in [0.05, 0.1) is 24.9 Å². The van der Waals surface area contributed by atoms with Crippen molar-refractivity contribution in [1.29, 1.82) is 0 Å². The topological polar surface area (TPSA) is 104 Å². The highest BCUT2D eigenvalue weighted by molar-refractivity contribution is 5.67. The average molecular weight is 454 g/mol. The molecular formula is C24H22N8O2. The first-order valence-electron chi connectivity index (χ1n) is 10.9. The van der Waals surface area contributed by atoms with Gasteiger partial charge in [0.2, 0.25) is 11.8 Å². The van der Waals surface area contributed by atoms with Crippen molar-refractivity contribution in [3.63, 3.8) is 0 Å². The maximum Gasteiger partial charge on any atom is 0.228 e. The van der Waals surface area contributed by atoms with Gasteiger partial charge in [-0.25, -0.2) is 14.4 Å². The number of ether oxygens (including phenoxy) is 2.